The van der Waals surface area contributed by atoms with Gasteiger partial charge in [0.05, 0.1) is 25.0 Å². The van der Waals surface area contributed by atoms with E-state index in [0.29, 0.717) is 5.69 Å². The topological polar surface area (TPSA) is 58.6 Å². The van der Waals surface area contributed by atoms with E-state index in [1.54, 1.807) is 13.3 Å². The second-order valence-corrected chi connectivity index (χ2v) is 6.08. The molecule has 2 aromatic rings. The minimum absolute atomic E-state index is 0.00597. The first-order chi connectivity index (χ1) is 11.3. The molecule has 1 aromatic heterocycles. The molecule has 0 N–H and O–H groups in total. The number of nitrogens with zero attached hydrogens (tertiary/aromatic N) is 4. The van der Waals surface area contributed by atoms with Crippen LogP contribution in [0.1, 0.15) is 16.1 Å². The third-order valence-electron chi connectivity index (χ3n) is 4.12. The van der Waals surface area contributed by atoms with E-state index < -0.39 is 0 Å². The van der Waals surface area contributed by atoms with Gasteiger partial charge >= 0.3 is 0 Å². The monoisotopic (exact) mass is 332 g/mol. The van der Waals surface area contributed by atoms with Gasteiger partial charge in [-0.2, -0.15) is 8.75 Å². The zero-order valence-corrected chi connectivity index (χ0v) is 14.0. The molecule has 0 aliphatic carbocycles. The maximum absolute atomic E-state index is 12.2. The Morgan fingerprint density at radius 3 is 2.57 bits per heavy atom. The van der Waals surface area contributed by atoms with Gasteiger partial charge < -0.3 is 9.64 Å². The number of ether oxygens (including phenoxy) is 1. The lowest BCUT2D eigenvalue weighted by Crippen LogP contribution is -2.49. The molecule has 1 fully saturated rings. The van der Waals surface area contributed by atoms with Crippen LogP contribution in [0, 0.1) is 0 Å². The van der Waals surface area contributed by atoms with E-state index in [0.717, 1.165) is 56.6 Å². The van der Waals surface area contributed by atoms with Crippen LogP contribution in [0.4, 0.5) is 0 Å². The van der Waals surface area contributed by atoms with E-state index in [1.165, 1.54) is 5.56 Å². The predicted molar refractivity (Wildman–Crippen MR) is 89.0 cm³/mol. The van der Waals surface area contributed by atoms with Crippen molar-refractivity contribution in [1.82, 2.24) is 18.5 Å². The summed E-state index contributed by atoms with van der Waals surface area (Å²) in [6, 6.07) is 8.20. The Morgan fingerprint density at radius 2 is 1.96 bits per heavy atom. The summed E-state index contributed by atoms with van der Waals surface area (Å²) in [7, 11) is 1.68. The molecule has 0 bridgehead atoms. The van der Waals surface area contributed by atoms with Crippen molar-refractivity contribution in [3.8, 4) is 5.75 Å². The summed E-state index contributed by atoms with van der Waals surface area (Å²) < 4.78 is 13.1. The zero-order valence-electron chi connectivity index (χ0n) is 13.1. The number of aromatic nitrogens is 2. The van der Waals surface area contributed by atoms with Gasteiger partial charge in [0.2, 0.25) is 0 Å². The SMILES string of the molecule is COc1ccc(CCN2CCN(C(=O)c3cnsn3)CC2)cc1. The van der Waals surface area contributed by atoms with Crippen LogP contribution in [-0.2, 0) is 6.42 Å². The lowest BCUT2D eigenvalue weighted by atomic mass is 10.1. The number of piperazine rings is 1. The Kier molecular flexibility index (Phi) is 5.19. The minimum atomic E-state index is -0.00597. The summed E-state index contributed by atoms with van der Waals surface area (Å²) in [4.78, 5) is 16.5. The summed E-state index contributed by atoms with van der Waals surface area (Å²) in [5.74, 6) is 0.881. The standard InChI is InChI=1S/C16H20N4O2S/c1-22-14-4-2-13(3-5-14)6-7-19-8-10-20(11-9-19)16(21)15-12-17-23-18-15/h2-5,12H,6-11H2,1H3. The molecule has 0 atom stereocenters. The van der Waals surface area contributed by atoms with Crippen molar-refractivity contribution in [2.24, 2.45) is 0 Å². The number of carbonyl (C=O) groups is 1. The van der Waals surface area contributed by atoms with Gasteiger partial charge in [0.15, 0.2) is 5.69 Å². The van der Waals surface area contributed by atoms with Crippen LogP contribution in [0.5, 0.6) is 5.75 Å². The Bertz CT molecular complexity index is 622. The van der Waals surface area contributed by atoms with E-state index in [4.69, 9.17) is 4.74 Å². The molecule has 23 heavy (non-hydrogen) atoms. The maximum atomic E-state index is 12.2. The van der Waals surface area contributed by atoms with Crippen LogP contribution in [0.15, 0.2) is 30.5 Å². The van der Waals surface area contributed by atoms with Crippen molar-refractivity contribution in [1.29, 1.82) is 0 Å². The molecule has 1 saturated heterocycles. The van der Waals surface area contributed by atoms with Gasteiger partial charge in [-0.15, -0.1) is 0 Å². The van der Waals surface area contributed by atoms with Crippen LogP contribution in [0.3, 0.4) is 0 Å². The molecule has 2 heterocycles. The molecule has 1 aliphatic rings. The number of rotatable bonds is 5. The first-order valence-corrected chi connectivity index (χ1v) is 8.41. The lowest BCUT2D eigenvalue weighted by Gasteiger charge is -2.34. The summed E-state index contributed by atoms with van der Waals surface area (Å²) in [6.07, 6.45) is 2.55. The Morgan fingerprint density at radius 1 is 1.22 bits per heavy atom. The molecule has 6 nitrogen and oxygen atoms in total. The summed E-state index contributed by atoms with van der Waals surface area (Å²) in [5.41, 5.74) is 1.76. The number of hydrogen-bond donors (Lipinski definition) is 0. The van der Waals surface area contributed by atoms with Gasteiger partial charge in [0.25, 0.3) is 5.91 Å². The molecular weight excluding hydrogens is 312 g/mol. The quantitative estimate of drug-likeness (QED) is 0.831. The molecule has 0 radical (unpaired) electrons. The van der Waals surface area contributed by atoms with E-state index in [9.17, 15) is 4.79 Å². The van der Waals surface area contributed by atoms with E-state index in [-0.39, 0.29) is 5.91 Å². The van der Waals surface area contributed by atoms with Crippen molar-refractivity contribution >= 4 is 17.6 Å². The van der Waals surface area contributed by atoms with Crippen molar-refractivity contribution in [2.45, 2.75) is 6.42 Å². The summed E-state index contributed by atoms with van der Waals surface area (Å²) in [6.45, 7) is 4.31. The molecule has 3 rings (SSSR count). The van der Waals surface area contributed by atoms with Crippen LogP contribution >= 0.6 is 11.7 Å². The highest BCUT2D eigenvalue weighted by Crippen LogP contribution is 2.13. The molecular formula is C16H20N4O2S. The van der Waals surface area contributed by atoms with Gasteiger partial charge in [-0.05, 0) is 24.1 Å². The summed E-state index contributed by atoms with van der Waals surface area (Å²) in [5, 5.41) is 0. The van der Waals surface area contributed by atoms with Crippen molar-refractivity contribution in [2.75, 3.05) is 39.8 Å². The Hall–Kier alpha value is -1.99. The van der Waals surface area contributed by atoms with Crippen LogP contribution in [-0.4, -0.2) is 64.3 Å². The van der Waals surface area contributed by atoms with Gasteiger partial charge in [0, 0.05) is 32.7 Å². The number of methoxy groups -OCH3 is 1. The third-order valence-corrected chi connectivity index (χ3v) is 4.59. The number of amides is 1. The third kappa shape index (κ3) is 4.05. The van der Waals surface area contributed by atoms with Gasteiger partial charge in [-0.1, -0.05) is 12.1 Å². The fraction of sp³-hybridized carbons (Fsp3) is 0.438. The highest BCUT2D eigenvalue weighted by Gasteiger charge is 2.23. The highest BCUT2D eigenvalue weighted by molar-refractivity contribution is 6.99. The minimum Gasteiger partial charge on any atom is -0.497 e. The first kappa shape index (κ1) is 15.9. The molecule has 0 unspecified atom stereocenters. The maximum Gasteiger partial charge on any atom is 0.275 e. The molecule has 122 valence electrons. The highest BCUT2D eigenvalue weighted by atomic mass is 32.1. The van der Waals surface area contributed by atoms with Crippen LogP contribution in [0.25, 0.3) is 0 Å². The molecule has 1 aliphatic heterocycles. The summed E-state index contributed by atoms with van der Waals surface area (Å²) >= 11 is 1.07. The average Bonchev–Trinajstić information content (AvgIpc) is 3.15. The second-order valence-electron chi connectivity index (χ2n) is 5.52. The fourth-order valence-electron chi connectivity index (χ4n) is 2.67. The van der Waals surface area contributed by atoms with Crippen LogP contribution < -0.4 is 4.74 Å². The van der Waals surface area contributed by atoms with Crippen molar-refractivity contribution in [3.63, 3.8) is 0 Å². The predicted octanol–water partition coefficient (Wildman–Crippen LogP) is 1.55. The smallest absolute Gasteiger partial charge is 0.275 e. The number of benzene rings is 1. The van der Waals surface area contributed by atoms with Gasteiger partial charge in [0.1, 0.15) is 5.75 Å². The van der Waals surface area contributed by atoms with E-state index in [2.05, 4.69) is 25.8 Å². The molecule has 0 saturated carbocycles. The van der Waals surface area contributed by atoms with Crippen molar-refractivity contribution in [3.05, 3.63) is 41.7 Å². The van der Waals surface area contributed by atoms with Gasteiger partial charge in [-0.25, -0.2) is 0 Å². The lowest BCUT2D eigenvalue weighted by molar-refractivity contribution is 0.0634. The van der Waals surface area contributed by atoms with E-state index >= 15 is 0 Å². The van der Waals surface area contributed by atoms with E-state index in [1.807, 2.05) is 17.0 Å². The number of carbonyl (C=O) groups excluding carboxylic acids is 1. The fourth-order valence-corrected chi connectivity index (χ4v) is 3.08. The normalized spacial score (nSPS) is 15.6. The molecule has 7 heteroatoms. The Balaban J connectivity index is 1.44. The Labute approximate surface area is 140 Å². The largest absolute Gasteiger partial charge is 0.497 e. The number of hydrogen-bond acceptors (Lipinski definition) is 6. The molecule has 0 spiro atoms. The van der Waals surface area contributed by atoms with Crippen LogP contribution in [0.2, 0.25) is 0 Å². The first-order valence-electron chi connectivity index (χ1n) is 7.68. The molecule has 1 aromatic carbocycles. The van der Waals surface area contributed by atoms with Crippen molar-refractivity contribution < 1.29 is 9.53 Å². The van der Waals surface area contributed by atoms with Gasteiger partial charge in [-0.3, -0.25) is 9.69 Å². The molecule has 1 amide bonds. The zero-order chi connectivity index (χ0) is 16.1. The second kappa shape index (κ2) is 7.52. The average molecular weight is 332 g/mol.